The van der Waals surface area contributed by atoms with Gasteiger partial charge in [0.1, 0.15) is 0 Å². The molecule has 1 aromatic carbocycles. The first-order chi connectivity index (χ1) is 15.8. The summed E-state index contributed by atoms with van der Waals surface area (Å²) in [6, 6.07) is 6.29. The van der Waals surface area contributed by atoms with Crippen LogP contribution < -0.4 is 19.7 Å². The second-order valence-electron chi connectivity index (χ2n) is 7.55. The second kappa shape index (κ2) is 7.80. The predicted octanol–water partition coefficient (Wildman–Crippen LogP) is 1.98. The van der Waals surface area contributed by atoms with E-state index in [0.717, 1.165) is 42.3 Å². The standard InChI is InChI=1S/C20H19N9O3/c1-2-16-17(31-11-30-16)5-12(1)6-21-19-22-7-14(8-23-19)18-26-27-20(32-18)29-4-3-13(10-29)15-9-24-28-25-15/h1-2,5,7-9,13H,3-4,6,10-11H2,(H,21,22,23)(H,24,25,28). The summed E-state index contributed by atoms with van der Waals surface area (Å²) in [4.78, 5) is 10.8. The highest BCUT2D eigenvalue weighted by atomic mass is 16.7. The van der Waals surface area contributed by atoms with Gasteiger partial charge in [0.05, 0.1) is 17.5 Å². The fourth-order valence-electron chi connectivity index (χ4n) is 3.80. The molecule has 4 aromatic rings. The SMILES string of the molecule is c1cc2c(cc1CNc1ncc(-c3nnc(N4CCC(c5cn[nH]n5)C4)o3)cn1)OCO2. The minimum Gasteiger partial charge on any atom is -0.454 e. The monoisotopic (exact) mass is 433 g/mol. The molecular formula is C20H19N9O3. The molecule has 12 heteroatoms. The van der Waals surface area contributed by atoms with E-state index < -0.39 is 0 Å². The molecular weight excluding hydrogens is 414 g/mol. The number of benzene rings is 1. The summed E-state index contributed by atoms with van der Waals surface area (Å²) in [5.41, 5.74) is 2.65. The zero-order valence-corrected chi connectivity index (χ0v) is 16.9. The van der Waals surface area contributed by atoms with Gasteiger partial charge >= 0.3 is 6.01 Å². The maximum absolute atomic E-state index is 5.86. The Hall–Kier alpha value is -4.22. The van der Waals surface area contributed by atoms with Crippen LogP contribution in [0, 0.1) is 0 Å². The average Bonchev–Trinajstić information content (AvgIpc) is 3.63. The van der Waals surface area contributed by atoms with E-state index in [2.05, 4.69) is 45.8 Å². The van der Waals surface area contributed by atoms with Crippen molar-refractivity contribution in [3.63, 3.8) is 0 Å². The van der Waals surface area contributed by atoms with E-state index >= 15 is 0 Å². The molecule has 0 bridgehead atoms. The highest BCUT2D eigenvalue weighted by molar-refractivity contribution is 5.52. The average molecular weight is 433 g/mol. The van der Waals surface area contributed by atoms with Gasteiger partial charge in [-0.25, -0.2) is 9.97 Å². The summed E-state index contributed by atoms with van der Waals surface area (Å²) >= 11 is 0. The van der Waals surface area contributed by atoms with Crippen molar-refractivity contribution in [2.45, 2.75) is 18.9 Å². The molecule has 6 rings (SSSR count). The molecule has 0 saturated carbocycles. The molecule has 1 fully saturated rings. The fourth-order valence-corrected chi connectivity index (χ4v) is 3.80. The molecule has 1 unspecified atom stereocenters. The summed E-state index contributed by atoms with van der Waals surface area (Å²) < 4.78 is 16.6. The van der Waals surface area contributed by atoms with Gasteiger partial charge in [0.25, 0.3) is 5.89 Å². The van der Waals surface area contributed by atoms with Crippen LogP contribution in [0.5, 0.6) is 11.5 Å². The molecule has 0 aliphatic carbocycles. The maximum Gasteiger partial charge on any atom is 0.318 e. The van der Waals surface area contributed by atoms with Crippen molar-refractivity contribution in [1.29, 1.82) is 0 Å². The number of nitrogens with zero attached hydrogens (tertiary/aromatic N) is 7. The zero-order valence-electron chi connectivity index (χ0n) is 16.9. The van der Waals surface area contributed by atoms with E-state index in [0.29, 0.717) is 35.9 Å². The van der Waals surface area contributed by atoms with E-state index in [1.54, 1.807) is 18.6 Å². The third kappa shape index (κ3) is 3.55. The van der Waals surface area contributed by atoms with Gasteiger partial charge in [-0.05, 0) is 24.1 Å². The molecule has 3 aromatic heterocycles. The molecule has 0 spiro atoms. The van der Waals surface area contributed by atoms with Crippen LogP contribution in [-0.4, -0.2) is 55.5 Å². The van der Waals surface area contributed by atoms with Gasteiger partial charge < -0.3 is 24.1 Å². The lowest BCUT2D eigenvalue weighted by Crippen LogP contribution is -2.19. The first-order valence-electron chi connectivity index (χ1n) is 10.2. The van der Waals surface area contributed by atoms with Gasteiger partial charge in [0, 0.05) is 37.9 Å². The Morgan fingerprint density at radius 1 is 1.09 bits per heavy atom. The van der Waals surface area contributed by atoms with Crippen molar-refractivity contribution in [1.82, 2.24) is 35.6 Å². The molecule has 12 nitrogen and oxygen atoms in total. The lowest BCUT2D eigenvalue weighted by atomic mass is 10.1. The number of hydrogen-bond acceptors (Lipinski definition) is 11. The number of anilines is 2. The molecule has 2 N–H and O–H groups in total. The minimum atomic E-state index is 0.258. The van der Waals surface area contributed by atoms with Crippen molar-refractivity contribution in [2.24, 2.45) is 0 Å². The molecule has 1 atom stereocenters. The third-order valence-electron chi connectivity index (χ3n) is 5.51. The largest absolute Gasteiger partial charge is 0.454 e. The molecule has 1 saturated heterocycles. The van der Waals surface area contributed by atoms with E-state index in [4.69, 9.17) is 13.9 Å². The number of nitrogens with one attached hydrogen (secondary N) is 2. The Labute approximate surface area is 182 Å². The summed E-state index contributed by atoms with van der Waals surface area (Å²) in [7, 11) is 0. The van der Waals surface area contributed by atoms with Crippen LogP contribution in [0.4, 0.5) is 12.0 Å². The maximum atomic E-state index is 5.86. The lowest BCUT2D eigenvalue weighted by Gasteiger charge is -2.11. The van der Waals surface area contributed by atoms with Gasteiger partial charge in [-0.1, -0.05) is 11.2 Å². The van der Waals surface area contributed by atoms with Crippen LogP contribution >= 0.6 is 0 Å². The van der Waals surface area contributed by atoms with Crippen molar-refractivity contribution < 1.29 is 13.9 Å². The van der Waals surface area contributed by atoms with Gasteiger partial charge in [0.15, 0.2) is 11.5 Å². The Balaban J connectivity index is 1.09. The Morgan fingerprint density at radius 2 is 2.00 bits per heavy atom. The number of rotatable bonds is 6. The first kappa shape index (κ1) is 18.5. The van der Waals surface area contributed by atoms with Crippen LogP contribution in [0.2, 0.25) is 0 Å². The molecule has 0 amide bonds. The molecule has 32 heavy (non-hydrogen) atoms. The van der Waals surface area contributed by atoms with Crippen LogP contribution in [0.25, 0.3) is 11.5 Å². The number of aromatic nitrogens is 7. The van der Waals surface area contributed by atoms with Gasteiger partial charge in [-0.3, -0.25) is 0 Å². The second-order valence-corrected chi connectivity index (χ2v) is 7.55. The van der Waals surface area contributed by atoms with Crippen molar-refractivity contribution in [2.75, 3.05) is 30.1 Å². The summed E-state index contributed by atoms with van der Waals surface area (Å²) in [6.45, 7) is 2.39. The van der Waals surface area contributed by atoms with Crippen LogP contribution in [0.3, 0.4) is 0 Å². The van der Waals surface area contributed by atoms with E-state index in [9.17, 15) is 0 Å². The molecule has 2 aliphatic rings. The Morgan fingerprint density at radius 3 is 2.88 bits per heavy atom. The van der Waals surface area contributed by atoms with Crippen molar-refractivity contribution >= 4 is 12.0 Å². The molecule has 5 heterocycles. The van der Waals surface area contributed by atoms with E-state index in [1.807, 2.05) is 18.2 Å². The van der Waals surface area contributed by atoms with E-state index in [-0.39, 0.29) is 6.79 Å². The summed E-state index contributed by atoms with van der Waals surface area (Å²) in [5, 5.41) is 22.3. The highest BCUT2D eigenvalue weighted by Crippen LogP contribution is 2.33. The molecule has 0 radical (unpaired) electrons. The van der Waals surface area contributed by atoms with Gasteiger partial charge in [-0.2, -0.15) is 15.4 Å². The quantitative estimate of drug-likeness (QED) is 0.461. The number of aromatic amines is 1. The zero-order chi connectivity index (χ0) is 21.3. The Bertz CT molecular complexity index is 1210. The topological polar surface area (TPSA) is 140 Å². The Kier molecular flexibility index (Phi) is 4.52. The van der Waals surface area contributed by atoms with Gasteiger partial charge in [-0.15, -0.1) is 5.10 Å². The third-order valence-corrected chi connectivity index (χ3v) is 5.51. The number of hydrogen-bond donors (Lipinski definition) is 2. The lowest BCUT2D eigenvalue weighted by molar-refractivity contribution is 0.174. The van der Waals surface area contributed by atoms with E-state index in [1.165, 1.54) is 0 Å². The molecule has 162 valence electrons. The first-order valence-corrected chi connectivity index (χ1v) is 10.2. The minimum absolute atomic E-state index is 0.258. The van der Waals surface area contributed by atoms with Crippen molar-refractivity contribution in [3.05, 3.63) is 48.0 Å². The van der Waals surface area contributed by atoms with Crippen LogP contribution in [-0.2, 0) is 6.54 Å². The number of ether oxygens (including phenoxy) is 2. The van der Waals surface area contributed by atoms with Gasteiger partial charge in [0.2, 0.25) is 12.7 Å². The normalized spacial score (nSPS) is 17.1. The molecule has 2 aliphatic heterocycles. The smallest absolute Gasteiger partial charge is 0.318 e. The summed E-state index contributed by atoms with van der Waals surface area (Å²) in [6.07, 6.45) is 6.03. The highest BCUT2D eigenvalue weighted by Gasteiger charge is 2.29. The number of H-pyrrole nitrogens is 1. The number of fused-ring (bicyclic) bond motifs is 1. The fraction of sp³-hybridized carbons (Fsp3) is 0.300. The predicted molar refractivity (Wildman–Crippen MR) is 111 cm³/mol. The van der Waals surface area contributed by atoms with Crippen molar-refractivity contribution in [3.8, 4) is 23.0 Å². The van der Waals surface area contributed by atoms with Crippen LogP contribution in [0.15, 0.2) is 41.2 Å². The summed E-state index contributed by atoms with van der Waals surface area (Å²) in [5.74, 6) is 2.69. The van der Waals surface area contributed by atoms with Crippen LogP contribution in [0.1, 0.15) is 23.6 Å².